The molecule has 34 heavy (non-hydrogen) atoms. The molecule has 1 aliphatic carbocycles. The molecule has 2 aromatic rings. The highest BCUT2D eigenvalue weighted by Gasteiger charge is 2.37. The molecule has 0 aromatic heterocycles. The van der Waals surface area contributed by atoms with E-state index in [1.54, 1.807) is 4.90 Å². The number of nitrogens with zero attached hydrogens (tertiary/aromatic N) is 1. The van der Waals surface area contributed by atoms with Gasteiger partial charge in [0.05, 0.1) is 23.7 Å². The summed E-state index contributed by atoms with van der Waals surface area (Å²) < 4.78 is 52.8. The van der Waals surface area contributed by atoms with Crippen LogP contribution in [0.15, 0.2) is 48.5 Å². The predicted octanol–water partition coefficient (Wildman–Crippen LogP) is 4.10. The van der Waals surface area contributed by atoms with Gasteiger partial charge in [0.25, 0.3) is 5.91 Å². The fraction of sp³-hybridized carbons (Fsp3) is 0.440. The van der Waals surface area contributed by atoms with Crippen LogP contribution in [0, 0.1) is 5.82 Å². The van der Waals surface area contributed by atoms with Crippen molar-refractivity contribution in [1.82, 2.24) is 15.5 Å². The molecule has 0 radical (unpaired) electrons. The lowest BCUT2D eigenvalue weighted by atomic mass is 9.80. The Balaban J connectivity index is 1.39. The first kappa shape index (κ1) is 24.2. The van der Waals surface area contributed by atoms with Gasteiger partial charge >= 0.3 is 6.18 Å². The second kappa shape index (κ2) is 10.1. The van der Waals surface area contributed by atoms with Gasteiger partial charge in [-0.15, -0.1) is 0 Å². The summed E-state index contributed by atoms with van der Waals surface area (Å²) in [7, 11) is 0. The van der Waals surface area contributed by atoms with Crippen molar-refractivity contribution in [3.63, 3.8) is 0 Å². The lowest BCUT2D eigenvalue weighted by molar-refractivity contribution is -0.138. The number of carbonyl (C=O) groups is 2. The Bertz CT molecular complexity index is 1020. The van der Waals surface area contributed by atoms with E-state index in [0.717, 1.165) is 25.7 Å². The van der Waals surface area contributed by atoms with Crippen LogP contribution in [0.5, 0.6) is 0 Å². The molecule has 182 valence electrons. The van der Waals surface area contributed by atoms with Crippen molar-refractivity contribution < 1.29 is 27.2 Å². The summed E-state index contributed by atoms with van der Waals surface area (Å²) in [4.78, 5) is 27.3. The molecule has 2 N–H and O–H groups in total. The lowest BCUT2D eigenvalue weighted by Crippen LogP contribution is -2.63. The summed E-state index contributed by atoms with van der Waals surface area (Å²) in [5.74, 6) is -1.98. The second-order valence-corrected chi connectivity index (χ2v) is 8.90. The Hall–Kier alpha value is -2.94. The number of carbonyl (C=O) groups excluding carboxylic acids is 2. The minimum Gasteiger partial charge on any atom is -0.343 e. The first-order chi connectivity index (χ1) is 16.2. The normalized spacial score (nSPS) is 20.9. The largest absolute Gasteiger partial charge is 0.416 e. The molecule has 1 saturated carbocycles. The molecule has 2 aliphatic rings. The van der Waals surface area contributed by atoms with E-state index in [4.69, 9.17) is 0 Å². The molecule has 0 bridgehead atoms. The highest BCUT2D eigenvalue weighted by Crippen LogP contribution is 2.35. The van der Waals surface area contributed by atoms with Gasteiger partial charge in [0.15, 0.2) is 0 Å². The lowest BCUT2D eigenvalue weighted by Gasteiger charge is -2.45. The van der Waals surface area contributed by atoms with E-state index in [0.29, 0.717) is 37.2 Å². The smallest absolute Gasteiger partial charge is 0.343 e. The third-order valence-corrected chi connectivity index (χ3v) is 6.74. The molecule has 0 unspecified atom stereocenters. The number of benzene rings is 2. The topological polar surface area (TPSA) is 61.4 Å². The summed E-state index contributed by atoms with van der Waals surface area (Å²) in [6.07, 6.45) is -1.15. The Morgan fingerprint density at radius 2 is 1.65 bits per heavy atom. The number of hydrogen-bond acceptors (Lipinski definition) is 3. The Morgan fingerprint density at radius 1 is 0.971 bits per heavy atom. The zero-order valence-electron chi connectivity index (χ0n) is 18.6. The maximum absolute atomic E-state index is 14.0. The van der Waals surface area contributed by atoms with Gasteiger partial charge in [-0.05, 0) is 55.4 Å². The van der Waals surface area contributed by atoms with E-state index < -0.39 is 35.6 Å². The van der Waals surface area contributed by atoms with Gasteiger partial charge in [-0.2, -0.15) is 13.2 Å². The standard InChI is InChI=1S/C25H27F4N3O2/c26-22-11-8-18(25(27,28)29)12-21(22)24(34)31-15-23(33)32(20-13-30-14-20)19-9-6-17(7-10-19)16-4-2-1-3-5-16/h1-5,8,11-12,17,19-20,30H,6-7,9-10,13-15H2,(H,31,34). The van der Waals surface area contributed by atoms with Gasteiger partial charge in [-0.25, -0.2) is 4.39 Å². The van der Waals surface area contributed by atoms with E-state index in [1.807, 2.05) is 18.2 Å². The highest BCUT2D eigenvalue weighted by molar-refractivity contribution is 5.97. The van der Waals surface area contributed by atoms with Crippen molar-refractivity contribution in [2.75, 3.05) is 19.6 Å². The van der Waals surface area contributed by atoms with Gasteiger partial charge in [0.1, 0.15) is 5.82 Å². The predicted molar refractivity (Wildman–Crippen MR) is 119 cm³/mol. The molecular weight excluding hydrogens is 450 g/mol. The van der Waals surface area contributed by atoms with Crippen LogP contribution in [0.2, 0.25) is 0 Å². The molecule has 9 heteroatoms. The summed E-state index contributed by atoms with van der Waals surface area (Å²) in [6.45, 7) is 0.907. The molecule has 0 spiro atoms. The average Bonchev–Trinajstić information content (AvgIpc) is 2.79. The fourth-order valence-electron chi connectivity index (χ4n) is 4.81. The number of amides is 2. The number of nitrogens with one attached hydrogen (secondary N) is 2. The van der Waals surface area contributed by atoms with Crippen LogP contribution in [0.25, 0.3) is 0 Å². The van der Waals surface area contributed by atoms with E-state index in [1.165, 1.54) is 5.56 Å². The SMILES string of the molecule is O=C(NCC(=O)N(C1CCC(c2ccccc2)CC1)C1CNC1)c1cc(C(F)(F)F)ccc1F. The maximum atomic E-state index is 14.0. The van der Waals surface area contributed by atoms with Crippen molar-refractivity contribution in [2.45, 2.75) is 49.9 Å². The van der Waals surface area contributed by atoms with Gasteiger partial charge in [0.2, 0.25) is 5.91 Å². The summed E-state index contributed by atoms with van der Waals surface area (Å²) in [6, 6.07) is 12.0. The molecular formula is C25H27F4N3O2. The Labute approximate surface area is 195 Å². The van der Waals surface area contributed by atoms with Gasteiger partial charge in [-0.3, -0.25) is 9.59 Å². The number of rotatable bonds is 6. The van der Waals surface area contributed by atoms with E-state index >= 15 is 0 Å². The van der Waals surface area contributed by atoms with Crippen molar-refractivity contribution >= 4 is 11.8 Å². The Morgan fingerprint density at radius 3 is 2.24 bits per heavy atom. The first-order valence-electron chi connectivity index (χ1n) is 11.5. The zero-order valence-corrected chi connectivity index (χ0v) is 18.6. The molecule has 1 heterocycles. The summed E-state index contributed by atoms with van der Waals surface area (Å²) in [5.41, 5.74) is -0.565. The van der Waals surface area contributed by atoms with Crippen LogP contribution in [0.1, 0.15) is 53.1 Å². The van der Waals surface area contributed by atoms with Crippen molar-refractivity contribution in [3.8, 4) is 0 Å². The third kappa shape index (κ3) is 5.41. The zero-order chi connectivity index (χ0) is 24.3. The van der Waals surface area contributed by atoms with Crippen LogP contribution in [-0.2, 0) is 11.0 Å². The van der Waals surface area contributed by atoms with Crippen LogP contribution >= 0.6 is 0 Å². The summed E-state index contributed by atoms with van der Waals surface area (Å²) >= 11 is 0. The molecule has 1 saturated heterocycles. The minimum atomic E-state index is -4.70. The fourth-order valence-corrected chi connectivity index (χ4v) is 4.81. The van der Waals surface area contributed by atoms with Gasteiger partial charge in [0, 0.05) is 19.1 Å². The van der Waals surface area contributed by atoms with Crippen LogP contribution in [0.3, 0.4) is 0 Å². The number of halogens is 4. The van der Waals surface area contributed by atoms with E-state index in [9.17, 15) is 27.2 Å². The van der Waals surface area contributed by atoms with Crippen molar-refractivity contribution in [3.05, 3.63) is 71.0 Å². The Kier molecular flexibility index (Phi) is 7.21. The molecule has 0 atom stereocenters. The molecule has 4 rings (SSSR count). The van der Waals surface area contributed by atoms with Gasteiger partial charge < -0.3 is 15.5 Å². The van der Waals surface area contributed by atoms with E-state index in [-0.39, 0.29) is 18.0 Å². The first-order valence-corrected chi connectivity index (χ1v) is 11.5. The molecule has 2 aromatic carbocycles. The molecule has 1 aliphatic heterocycles. The van der Waals surface area contributed by atoms with Crippen molar-refractivity contribution in [2.24, 2.45) is 0 Å². The molecule has 5 nitrogen and oxygen atoms in total. The average molecular weight is 478 g/mol. The van der Waals surface area contributed by atoms with Crippen LogP contribution in [0.4, 0.5) is 17.6 Å². The third-order valence-electron chi connectivity index (χ3n) is 6.74. The number of alkyl halides is 3. The van der Waals surface area contributed by atoms with E-state index in [2.05, 4.69) is 22.8 Å². The maximum Gasteiger partial charge on any atom is 0.416 e. The highest BCUT2D eigenvalue weighted by atomic mass is 19.4. The summed E-state index contributed by atoms with van der Waals surface area (Å²) in [5, 5.41) is 5.47. The van der Waals surface area contributed by atoms with Crippen LogP contribution in [-0.4, -0.2) is 48.4 Å². The molecule has 2 fully saturated rings. The quantitative estimate of drug-likeness (QED) is 0.616. The monoisotopic (exact) mass is 477 g/mol. The van der Waals surface area contributed by atoms with Crippen molar-refractivity contribution in [1.29, 1.82) is 0 Å². The van der Waals surface area contributed by atoms with Gasteiger partial charge in [-0.1, -0.05) is 30.3 Å². The van der Waals surface area contributed by atoms with Crippen LogP contribution < -0.4 is 10.6 Å². The second-order valence-electron chi connectivity index (χ2n) is 8.90. The minimum absolute atomic E-state index is 0.00738. The molecule has 2 amide bonds. The number of hydrogen-bond donors (Lipinski definition) is 2.